The molecule has 0 aliphatic carbocycles. The third-order valence-electron chi connectivity index (χ3n) is 3.04. The number of ether oxygens (including phenoxy) is 1. The smallest absolute Gasteiger partial charge is 0.406 e. The average molecular weight is 393 g/mol. The first kappa shape index (κ1) is 19.2. The first-order chi connectivity index (χ1) is 11.7. The lowest BCUT2D eigenvalue weighted by Crippen LogP contribution is -2.34. The molecule has 2 aromatic carbocycles. The molecule has 0 aliphatic rings. The van der Waals surface area contributed by atoms with E-state index in [4.69, 9.17) is 23.2 Å². The van der Waals surface area contributed by atoms with Gasteiger partial charge in [0.1, 0.15) is 5.75 Å². The van der Waals surface area contributed by atoms with E-state index in [-0.39, 0.29) is 18.8 Å². The first-order valence-corrected chi connectivity index (χ1v) is 7.79. The fourth-order valence-corrected chi connectivity index (χ4v) is 2.41. The topological polar surface area (TPSA) is 50.4 Å². The molecule has 0 aliphatic heterocycles. The van der Waals surface area contributed by atoms with Gasteiger partial charge in [0, 0.05) is 23.1 Å². The van der Waals surface area contributed by atoms with Crippen LogP contribution in [0.5, 0.6) is 5.75 Å². The van der Waals surface area contributed by atoms with Gasteiger partial charge in [-0.15, -0.1) is 13.2 Å². The van der Waals surface area contributed by atoms with E-state index in [0.717, 1.165) is 0 Å². The van der Waals surface area contributed by atoms with Crippen LogP contribution in [-0.2, 0) is 13.1 Å². The molecule has 0 unspecified atom stereocenters. The van der Waals surface area contributed by atoms with Crippen LogP contribution >= 0.6 is 23.2 Å². The molecule has 0 fully saturated rings. The quantitative estimate of drug-likeness (QED) is 0.760. The molecule has 0 bridgehead atoms. The van der Waals surface area contributed by atoms with Gasteiger partial charge < -0.3 is 15.4 Å². The fraction of sp³-hybridized carbons (Fsp3) is 0.188. The van der Waals surface area contributed by atoms with Crippen molar-refractivity contribution in [2.24, 2.45) is 0 Å². The molecule has 0 heterocycles. The normalized spacial score (nSPS) is 11.1. The van der Waals surface area contributed by atoms with Crippen molar-refractivity contribution >= 4 is 29.2 Å². The molecule has 4 nitrogen and oxygen atoms in total. The predicted molar refractivity (Wildman–Crippen MR) is 88.7 cm³/mol. The van der Waals surface area contributed by atoms with Crippen LogP contribution in [0.2, 0.25) is 10.0 Å². The van der Waals surface area contributed by atoms with Crippen molar-refractivity contribution in [3.05, 3.63) is 63.6 Å². The summed E-state index contributed by atoms with van der Waals surface area (Å²) in [6, 6.07) is 9.75. The SMILES string of the molecule is O=C(NCc1cccc(OC(F)(F)F)c1)NCc1ccc(Cl)cc1Cl. The van der Waals surface area contributed by atoms with Crippen molar-refractivity contribution in [2.75, 3.05) is 0 Å². The van der Waals surface area contributed by atoms with Gasteiger partial charge >= 0.3 is 12.4 Å². The lowest BCUT2D eigenvalue weighted by atomic mass is 10.2. The molecule has 9 heteroatoms. The molecule has 0 spiro atoms. The number of hydrogen-bond acceptors (Lipinski definition) is 2. The minimum atomic E-state index is -4.76. The Labute approximate surface area is 151 Å². The van der Waals surface area contributed by atoms with Gasteiger partial charge in [-0.25, -0.2) is 4.79 Å². The zero-order valence-electron chi connectivity index (χ0n) is 12.7. The van der Waals surface area contributed by atoms with Crippen LogP contribution in [-0.4, -0.2) is 12.4 Å². The molecule has 0 aromatic heterocycles. The van der Waals surface area contributed by atoms with Crippen LogP contribution in [0.25, 0.3) is 0 Å². The van der Waals surface area contributed by atoms with Crippen LogP contribution in [0, 0.1) is 0 Å². The number of amides is 2. The third-order valence-corrected chi connectivity index (χ3v) is 3.63. The Hall–Kier alpha value is -2.12. The number of halogens is 5. The zero-order chi connectivity index (χ0) is 18.4. The fourth-order valence-electron chi connectivity index (χ4n) is 1.94. The summed E-state index contributed by atoms with van der Waals surface area (Å²) in [7, 11) is 0. The van der Waals surface area contributed by atoms with Gasteiger partial charge in [0.25, 0.3) is 0 Å². The highest BCUT2D eigenvalue weighted by molar-refractivity contribution is 6.35. The molecule has 0 saturated heterocycles. The molecule has 25 heavy (non-hydrogen) atoms. The van der Waals surface area contributed by atoms with E-state index in [1.807, 2.05) is 0 Å². The van der Waals surface area contributed by atoms with Crippen molar-refractivity contribution in [3.63, 3.8) is 0 Å². The summed E-state index contributed by atoms with van der Waals surface area (Å²) in [6.07, 6.45) is -4.76. The molecular formula is C16H13Cl2F3N2O2. The Morgan fingerprint density at radius 3 is 2.44 bits per heavy atom. The van der Waals surface area contributed by atoms with Gasteiger partial charge in [0.05, 0.1) is 0 Å². The van der Waals surface area contributed by atoms with Gasteiger partial charge in [0.15, 0.2) is 0 Å². The minimum absolute atomic E-state index is 0.0369. The summed E-state index contributed by atoms with van der Waals surface area (Å²) in [6.45, 7) is 0.217. The van der Waals surface area contributed by atoms with E-state index in [2.05, 4.69) is 15.4 Å². The summed E-state index contributed by atoms with van der Waals surface area (Å²) in [5, 5.41) is 6.03. The Balaban J connectivity index is 1.84. The Bertz CT molecular complexity index is 754. The third kappa shape index (κ3) is 6.72. The summed E-state index contributed by atoms with van der Waals surface area (Å²) in [4.78, 5) is 11.8. The lowest BCUT2D eigenvalue weighted by molar-refractivity contribution is -0.274. The second kappa shape index (κ2) is 8.31. The van der Waals surface area contributed by atoms with E-state index < -0.39 is 12.4 Å². The molecule has 0 radical (unpaired) electrons. The number of rotatable bonds is 5. The number of urea groups is 1. The first-order valence-electron chi connectivity index (χ1n) is 7.03. The van der Waals surface area contributed by atoms with E-state index in [0.29, 0.717) is 21.2 Å². The average Bonchev–Trinajstić information content (AvgIpc) is 2.51. The largest absolute Gasteiger partial charge is 0.573 e. The summed E-state index contributed by atoms with van der Waals surface area (Å²) < 4.78 is 40.4. The minimum Gasteiger partial charge on any atom is -0.406 e. The number of benzene rings is 2. The van der Waals surface area contributed by atoms with Crippen LogP contribution in [0.3, 0.4) is 0 Å². The number of nitrogens with one attached hydrogen (secondary N) is 2. The van der Waals surface area contributed by atoms with Gasteiger partial charge in [-0.2, -0.15) is 0 Å². The highest BCUT2D eigenvalue weighted by Gasteiger charge is 2.31. The number of carbonyl (C=O) groups is 1. The van der Waals surface area contributed by atoms with Gasteiger partial charge in [-0.1, -0.05) is 41.4 Å². The molecule has 134 valence electrons. The lowest BCUT2D eigenvalue weighted by Gasteiger charge is -2.11. The summed E-state index contributed by atoms with van der Waals surface area (Å²) >= 11 is 11.8. The second-order valence-corrected chi connectivity index (χ2v) is 5.81. The Morgan fingerprint density at radius 2 is 1.76 bits per heavy atom. The Morgan fingerprint density at radius 1 is 1.04 bits per heavy atom. The standard InChI is InChI=1S/C16H13Cl2F3N2O2/c17-12-5-4-11(14(18)7-12)9-23-15(24)22-8-10-2-1-3-13(6-10)25-16(19,20)21/h1-7H,8-9H2,(H2,22,23,24). The zero-order valence-corrected chi connectivity index (χ0v) is 14.2. The molecule has 0 atom stereocenters. The molecule has 0 saturated carbocycles. The maximum Gasteiger partial charge on any atom is 0.573 e. The number of carbonyl (C=O) groups excluding carboxylic acids is 1. The van der Waals surface area contributed by atoms with Crippen molar-refractivity contribution in [1.82, 2.24) is 10.6 Å². The van der Waals surface area contributed by atoms with E-state index in [1.165, 1.54) is 18.2 Å². The van der Waals surface area contributed by atoms with E-state index in [9.17, 15) is 18.0 Å². The van der Waals surface area contributed by atoms with Crippen LogP contribution < -0.4 is 15.4 Å². The highest BCUT2D eigenvalue weighted by Crippen LogP contribution is 2.23. The molecule has 2 N–H and O–H groups in total. The maximum atomic E-state index is 12.2. The highest BCUT2D eigenvalue weighted by atomic mass is 35.5. The molecule has 2 amide bonds. The molecule has 2 aromatic rings. The van der Waals surface area contributed by atoms with E-state index >= 15 is 0 Å². The number of alkyl halides is 3. The second-order valence-electron chi connectivity index (χ2n) is 4.97. The van der Waals surface area contributed by atoms with Crippen molar-refractivity contribution < 1.29 is 22.7 Å². The van der Waals surface area contributed by atoms with E-state index in [1.54, 1.807) is 24.3 Å². The maximum absolute atomic E-state index is 12.2. The molecular weight excluding hydrogens is 380 g/mol. The van der Waals surface area contributed by atoms with Gasteiger partial charge in [0.2, 0.25) is 0 Å². The van der Waals surface area contributed by atoms with Gasteiger partial charge in [-0.05, 0) is 35.4 Å². The van der Waals surface area contributed by atoms with Crippen LogP contribution in [0.1, 0.15) is 11.1 Å². The number of hydrogen-bond donors (Lipinski definition) is 2. The van der Waals surface area contributed by atoms with Crippen molar-refractivity contribution in [1.29, 1.82) is 0 Å². The monoisotopic (exact) mass is 392 g/mol. The van der Waals surface area contributed by atoms with Gasteiger partial charge in [-0.3, -0.25) is 0 Å². The van der Waals surface area contributed by atoms with Crippen molar-refractivity contribution in [2.45, 2.75) is 19.5 Å². The van der Waals surface area contributed by atoms with Crippen LogP contribution in [0.15, 0.2) is 42.5 Å². The summed E-state index contributed by atoms with van der Waals surface area (Å²) in [5.74, 6) is -0.347. The van der Waals surface area contributed by atoms with Crippen LogP contribution in [0.4, 0.5) is 18.0 Å². The predicted octanol–water partition coefficient (Wildman–Crippen LogP) is 4.89. The Kier molecular flexibility index (Phi) is 6.39. The van der Waals surface area contributed by atoms with Crippen molar-refractivity contribution in [3.8, 4) is 5.75 Å². The molecule has 2 rings (SSSR count). The summed E-state index contributed by atoms with van der Waals surface area (Å²) in [5.41, 5.74) is 1.14.